The highest BCUT2D eigenvalue weighted by atomic mass is 16.3. The van der Waals surface area contributed by atoms with E-state index in [4.69, 9.17) is 0 Å². The van der Waals surface area contributed by atoms with Gasteiger partial charge in [-0.1, -0.05) is 24.3 Å². The first kappa shape index (κ1) is 12.6. The molecule has 0 aliphatic heterocycles. The Morgan fingerprint density at radius 1 is 1.11 bits per heavy atom. The number of pyridine rings is 1. The van der Waals surface area contributed by atoms with E-state index in [1.165, 1.54) is 0 Å². The standard InChI is InChI=1S/C15H18N2O/c1-11-14(12(2)18)9-10-15(16-11)17(3)13-7-5-4-6-8-13/h4-10,12,18H,1-3H3/t12-/m1/s1. The maximum atomic E-state index is 9.60. The second-order valence-corrected chi connectivity index (χ2v) is 4.41. The summed E-state index contributed by atoms with van der Waals surface area (Å²) in [6, 6.07) is 13.9. The Morgan fingerprint density at radius 3 is 2.33 bits per heavy atom. The number of aromatic nitrogens is 1. The van der Waals surface area contributed by atoms with Crippen molar-refractivity contribution in [3.05, 3.63) is 53.7 Å². The van der Waals surface area contributed by atoms with Gasteiger partial charge in [-0.3, -0.25) is 0 Å². The first-order valence-electron chi connectivity index (χ1n) is 6.04. The molecule has 0 spiro atoms. The number of aliphatic hydroxyl groups excluding tert-OH is 1. The van der Waals surface area contributed by atoms with Crippen molar-refractivity contribution in [2.24, 2.45) is 0 Å². The van der Waals surface area contributed by atoms with E-state index < -0.39 is 6.10 Å². The molecule has 3 heteroatoms. The van der Waals surface area contributed by atoms with Crippen LogP contribution in [0.2, 0.25) is 0 Å². The summed E-state index contributed by atoms with van der Waals surface area (Å²) in [7, 11) is 1.99. The second kappa shape index (κ2) is 5.19. The Bertz CT molecular complexity index is 523. The van der Waals surface area contributed by atoms with Gasteiger partial charge in [0.05, 0.1) is 6.10 Å². The van der Waals surface area contributed by atoms with E-state index in [-0.39, 0.29) is 0 Å². The minimum Gasteiger partial charge on any atom is -0.389 e. The van der Waals surface area contributed by atoms with Crippen molar-refractivity contribution in [3.63, 3.8) is 0 Å². The Hall–Kier alpha value is -1.87. The molecule has 0 fully saturated rings. The molecule has 18 heavy (non-hydrogen) atoms. The van der Waals surface area contributed by atoms with E-state index in [0.29, 0.717) is 0 Å². The molecule has 0 amide bonds. The maximum Gasteiger partial charge on any atom is 0.132 e. The first-order chi connectivity index (χ1) is 8.59. The molecule has 0 saturated heterocycles. The zero-order chi connectivity index (χ0) is 13.1. The van der Waals surface area contributed by atoms with Crippen LogP contribution >= 0.6 is 0 Å². The number of para-hydroxylation sites is 1. The third-order valence-corrected chi connectivity index (χ3v) is 3.05. The lowest BCUT2D eigenvalue weighted by molar-refractivity contribution is 0.198. The summed E-state index contributed by atoms with van der Waals surface area (Å²) >= 11 is 0. The van der Waals surface area contributed by atoms with E-state index in [0.717, 1.165) is 22.8 Å². The van der Waals surface area contributed by atoms with Crippen LogP contribution in [0.3, 0.4) is 0 Å². The van der Waals surface area contributed by atoms with Crippen LogP contribution in [0.15, 0.2) is 42.5 Å². The molecule has 1 heterocycles. The van der Waals surface area contributed by atoms with E-state index in [1.807, 2.05) is 61.3 Å². The Labute approximate surface area is 108 Å². The van der Waals surface area contributed by atoms with Crippen LogP contribution in [-0.2, 0) is 0 Å². The maximum absolute atomic E-state index is 9.60. The number of nitrogens with zero attached hydrogens (tertiary/aromatic N) is 2. The summed E-state index contributed by atoms with van der Waals surface area (Å²) in [5, 5.41) is 9.60. The van der Waals surface area contributed by atoms with Crippen LogP contribution in [0.4, 0.5) is 11.5 Å². The van der Waals surface area contributed by atoms with E-state index in [2.05, 4.69) is 4.98 Å². The smallest absolute Gasteiger partial charge is 0.132 e. The monoisotopic (exact) mass is 242 g/mol. The number of aliphatic hydroxyl groups is 1. The molecule has 1 N–H and O–H groups in total. The largest absolute Gasteiger partial charge is 0.389 e. The highest BCUT2D eigenvalue weighted by molar-refractivity contribution is 5.59. The van der Waals surface area contributed by atoms with Crippen molar-refractivity contribution in [1.82, 2.24) is 4.98 Å². The average molecular weight is 242 g/mol. The normalized spacial score (nSPS) is 12.2. The number of hydrogen-bond donors (Lipinski definition) is 1. The van der Waals surface area contributed by atoms with Gasteiger partial charge in [-0.2, -0.15) is 0 Å². The van der Waals surface area contributed by atoms with Gasteiger partial charge in [0.15, 0.2) is 0 Å². The minimum atomic E-state index is -0.478. The lowest BCUT2D eigenvalue weighted by Gasteiger charge is -2.20. The summed E-state index contributed by atoms with van der Waals surface area (Å²) < 4.78 is 0. The predicted octanol–water partition coefficient (Wildman–Crippen LogP) is 3.21. The van der Waals surface area contributed by atoms with Crippen molar-refractivity contribution < 1.29 is 5.11 Å². The van der Waals surface area contributed by atoms with Gasteiger partial charge in [0, 0.05) is 24.0 Å². The third-order valence-electron chi connectivity index (χ3n) is 3.05. The Kier molecular flexibility index (Phi) is 3.63. The fourth-order valence-corrected chi connectivity index (χ4v) is 1.97. The van der Waals surface area contributed by atoms with Crippen molar-refractivity contribution >= 4 is 11.5 Å². The summed E-state index contributed by atoms with van der Waals surface area (Å²) in [4.78, 5) is 6.56. The number of aryl methyl sites for hydroxylation is 1. The fourth-order valence-electron chi connectivity index (χ4n) is 1.97. The van der Waals surface area contributed by atoms with Gasteiger partial charge in [0.2, 0.25) is 0 Å². The number of hydrogen-bond acceptors (Lipinski definition) is 3. The Balaban J connectivity index is 2.32. The van der Waals surface area contributed by atoms with E-state index in [9.17, 15) is 5.11 Å². The molecule has 94 valence electrons. The number of rotatable bonds is 3. The molecule has 0 unspecified atom stereocenters. The van der Waals surface area contributed by atoms with Crippen LogP contribution in [-0.4, -0.2) is 17.1 Å². The zero-order valence-corrected chi connectivity index (χ0v) is 11.0. The first-order valence-corrected chi connectivity index (χ1v) is 6.04. The molecule has 0 radical (unpaired) electrons. The van der Waals surface area contributed by atoms with E-state index in [1.54, 1.807) is 6.92 Å². The van der Waals surface area contributed by atoms with Gasteiger partial charge in [0.1, 0.15) is 5.82 Å². The van der Waals surface area contributed by atoms with Gasteiger partial charge in [-0.05, 0) is 32.0 Å². The van der Waals surface area contributed by atoms with Crippen molar-refractivity contribution in [2.45, 2.75) is 20.0 Å². The number of anilines is 2. The summed E-state index contributed by atoms with van der Waals surface area (Å²) in [6.45, 7) is 3.68. The van der Waals surface area contributed by atoms with E-state index >= 15 is 0 Å². The van der Waals surface area contributed by atoms with Crippen LogP contribution in [0.1, 0.15) is 24.3 Å². The second-order valence-electron chi connectivity index (χ2n) is 4.41. The van der Waals surface area contributed by atoms with Gasteiger partial charge in [-0.25, -0.2) is 4.98 Å². The van der Waals surface area contributed by atoms with Crippen LogP contribution < -0.4 is 4.90 Å². The summed E-state index contributed by atoms with van der Waals surface area (Å²) in [5.41, 5.74) is 2.83. The SMILES string of the molecule is Cc1nc(N(C)c2ccccc2)ccc1[C@@H](C)O. The third kappa shape index (κ3) is 2.51. The van der Waals surface area contributed by atoms with Gasteiger partial charge in [0.25, 0.3) is 0 Å². The molecule has 1 atom stereocenters. The lowest BCUT2D eigenvalue weighted by Crippen LogP contribution is -2.12. The van der Waals surface area contributed by atoms with Crippen molar-refractivity contribution in [1.29, 1.82) is 0 Å². The van der Waals surface area contributed by atoms with Gasteiger partial charge in [-0.15, -0.1) is 0 Å². The molecular formula is C15H18N2O. The molecule has 0 saturated carbocycles. The highest BCUT2D eigenvalue weighted by Crippen LogP contribution is 2.24. The van der Waals surface area contributed by atoms with Crippen LogP contribution in [0, 0.1) is 6.92 Å². The van der Waals surface area contributed by atoms with Gasteiger partial charge < -0.3 is 10.0 Å². The van der Waals surface area contributed by atoms with Crippen LogP contribution in [0.5, 0.6) is 0 Å². The predicted molar refractivity (Wildman–Crippen MR) is 74.1 cm³/mol. The molecule has 1 aromatic carbocycles. The Morgan fingerprint density at radius 2 is 1.78 bits per heavy atom. The summed E-state index contributed by atoms with van der Waals surface area (Å²) in [6.07, 6.45) is -0.478. The zero-order valence-electron chi connectivity index (χ0n) is 11.0. The average Bonchev–Trinajstić information content (AvgIpc) is 2.38. The highest BCUT2D eigenvalue weighted by Gasteiger charge is 2.10. The molecule has 3 nitrogen and oxygen atoms in total. The topological polar surface area (TPSA) is 36.4 Å². The van der Waals surface area contributed by atoms with Gasteiger partial charge >= 0.3 is 0 Å². The quantitative estimate of drug-likeness (QED) is 0.897. The lowest BCUT2D eigenvalue weighted by atomic mass is 10.1. The van der Waals surface area contributed by atoms with Crippen molar-refractivity contribution in [2.75, 3.05) is 11.9 Å². The fraction of sp³-hybridized carbons (Fsp3) is 0.267. The molecular weight excluding hydrogens is 224 g/mol. The summed E-state index contributed by atoms with van der Waals surface area (Å²) in [5.74, 6) is 0.878. The minimum absolute atomic E-state index is 0.478. The molecule has 0 aliphatic rings. The van der Waals surface area contributed by atoms with Crippen LogP contribution in [0.25, 0.3) is 0 Å². The molecule has 2 aromatic rings. The molecule has 0 bridgehead atoms. The molecule has 0 aliphatic carbocycles. The van der Waals surface area contributed by atoms with Crippen molar-refractivity contribution in [3.8, 4) is 0 Å². The molecule has 2 rings (SSSR count). The number of benzene rings is 1. The molecule has 1 aromatic heterocycles.